The van der Waals surface area contributed by atoms with Crippen LogP contribution in [0.1, 0.15) is 12.0 Å². The van der Waals surface area contributed by atoms with Crippen LogP contribution in [0.4, 0.5) is 0 Å². The average molecular weight is 233 g/mol. The molecule has 1 heterocycles. The van der Waals surface area contributed by atoms with Crippen LogP contribution in [-0.4, -0.2) is 36.7 Å². The van der Waals surface area contributed by atoms with Crippen molar-refractivity contribution in [2.75, 3.05) is 26.9 Å². The Bertz CT molecular complexity index is 266. The van der Waals surface area contributed by atoms with Gasteiger partial charge in [-0.05, 0) is 6.42 Å². The van der Waals surface area contributed by atoms with E-state index in [1.165, 1.54) is 0 Å². The van der Waals surface area contributed by atoms with E-state index in [-0.39, 0.29) is 0 Å². The van der Waals surface area contributed by atoms with Crippen molar-refractivity contribution in [1.82, 2.24) is 9.78 Å². The number of methoxy groups -OCH3 is 1. The molecule has 86 valence electrons. The van der Waals surface area contributed by atoms with E-state index in [1.807, 2.05) is 10.9 Å². The lowest BCUT2D eigenvalue weighted by Gasteiger charge is -2.03. The van der Waals surface area contributed by atoms with Crippen molar-refractivity contribution >= 4 is 11.6 Å². The van der Waals surface area contributed by atoms with Crippen LogP contribution in [0.2, 0.25) is 0 Å². The van der Waals surface area contributed by atoms with E-state index in [0.29, 0.717) is 19.1 Å². The lowest BCUT2D eigenvalue weighted by molar-refractivity contribution is 0.0677. The highest BCUT2D eigenvalue weighted by Gasteiger charge is 1.96. The van der Waals surface area contributed by atoms with E-state index in [9.17, 15) is 0 Å². The van der Waals surface area contributed by atoms with Crippen molar-refractivity contribution < 1.29 is 9.47 Å². The molecule has 0 fully saturated rings. The first-order valence-corrected chi connectivity index (χ1v) is 5.54. The first-order valence-electron chi connectivity index (χ1n) is 5.01. The molecule has 0 aliphatic carbocycles. The van der Waals surface area contributed by atoms with Crippen LogP contribution in [0.15, 0.2) is 12.4 Å². The zero-order valence-corrected chi connectivity index (χ0v) is 9.74. The van der Waals surface area contributed by atoms with E-state index in [1.54, 1.807) is 13.3 Å². The van der Waals surface area contributed by atoms with Gasteiger partial charge in [0.2, 0.25) is 0 Å². The monoisotopic (exact) mass is 232 g/mol. The van der Waals surface area contributed by atoms with Gasteiger partial charge in [0.15, 0.2) is 0 Å². The summed E-state index contributed by atoms with van der Waals surface area (Å²) in [6.45, 7) is 2.91. The number of alkyl halides is 1. The Morgan fingerprint density at radius 1 is 1.40 bits per heavy atom. The molecule has 0 bridgehead atoms. The summed E-state index contributed by atoms with van der Waals surface area (Å²) < 4.78 is 12.1. The number of halogens is 1. The predicted molar refractivity (Wildman–Crippen MR) is 59.1 cm³/mol. The number of aromatic nitrogens is 2. The maximum Gasteiger partial charge on any atom is 0.0700 e. The van der Waals surface area contributed by atoms with Gasteiger partial charge in [0.25, 0.3) is 0 Å². The maximum atomic E-state index is 5.67. The quantitative estimate of drug-likeness (QED) is 0.505. The second-order valence-corrected chi connectivity index (χ2v) is 3.47. The van der Waals surface area contributed by atoms with Crippen LogP contribution in [0.5, 0.6) is 0 Å². The van der Waals surface area contributed by atoms with Crippen molar-refractivity contribution in [1.29, 1.82) is 0 Å². The molecule has 1 aromatic heterocycles. The number of nitrogens with zero attached hydrogens (tertiary/aromatic N) is 2. The van der Waals surface area contributed by atoms with Crippen molar-refractivity contribution in [3.05, 3.63) is 18.0 Å². The first kappa shape index (κ1) is 12.5. The molecule has 0 unspecified atom stereocenters. The van der Waals surface area contributed by atoms with E-state index < -0.39 is 0 Å². The molecule has 0 aliphatic rings. The molecule has 0 radical (unpaired) electrons. The summed E-state index contributed by atoms with van der Waals surface area (Å²) in [5, 5.41) is 4.17. The van der Waals surface area contributed by atoms with Gasteiger partial charge in [-0.2, -0.15) is 5.10 Å². The van der Waals surface area contributed by atoms with E-state index in [4.69, 9.17) is 21.1 Å². The van der Waals surface area contributed by atoms with Gasteiger partial charge in [0.1, 0.15) is 0 Å². The second kappa shape index (κ2) is 7.68. The Hall–Kier alpha value is -0.580. The Kier molecular flexibility index (Phi) is 6.39. The van der Waals surface area contributed by atoms with E-state index >= 15 is 0 Å². The third kappa shape index (κ3) is 5.16. The molecule has 4 nitrogen and oxygen atoms in total. The maximum absolute atomic E-state index is 5.67. The smallest absolute Gasteiger partial charge is 0.0700 e. The minimum atomic E-state index is 0.518. The van der Waals surface area contributed by atoms with Gasteiger partial charge >= 0.3 is 0 Å². The zero-order valence-electron chi connectivity index (χ0n) is 8.99. The number of ether oxygens (including phenoxy) is 2. The Labute approximate surface area is 95.1 Å². The molecule has 0 aromatic carbocycles. The van der Waals surface area contributed by atoms with Crippen molar-refractivity contribution in [2.24, 2.45) is 0 Å². The van der Waals surface area contributed by atoms with Crippen LogP contribution in [0, 0.1) is 0 Å². The number of hydrogen-bond acceptors (Lipinski definition) is 3. The highest BCUT2D eigenvalue weighted by atomic mass is 35.5. The molecular weight excluding hydrogens is 216 g/mol. The third-order valence-corrected chi connectivity index (χ3v) is 2.26. The number of rotatable bonds is 8. The topological polar surface area (TPSA) is 36.3 Å². The molecule has 0 saturated heterocycles. The minimum Gasteiger partial charge on any atom is -0.382 e. The van der Waals surface area contributed by atoms with Crippen molar-refractivity contribution in [3.63, 3.8) is 0 Å². The fourth-order valence-electron chi connectivity index (χ4n) is 1.17. The Morgan fingerprint density at radius 2 is 2.27 bits per heavy atom. The fourth-order valence-corrected chi connectivity index (χ4v) is 1.31. The van der Waals surface area contributed by atoms with Gasteiger partial charge in [0, 0.05) is 32.0 Å². The number of aryl methyl sites for hydroxylation is 1. The third-order valence-electron chi connectivity index (χ3n) is 1.95. The van der Waals surface area contributed by atoms with Gasteiger partial charge in [0.05, 0.1) is 25.3 Å². The fraction of sp³-hybridized carbons (Fsp3) is 0.700. The van der Waals surface area contributed by atoms with Crippen LogP contribution in [0.3, 0.4) is 0 Å². The summed E-state index contributed by atoms with van der Waals surface area (Å²) >= 11 is 5.67. The van der Waals surface area contributed by atoms with Crippen LogP contribution < -0.4 is 0 Å². The number of hydrogen-bond donors (Lipinski definition) is 0. The Morgan fingerprint density at radius 3 is 2.93 bits per heavy atom. The molecule has 5 heteroatoms. The summed E-state index contributed by atoms with van der Waals surface area (Å²) in [7, 11) is 1.67. The molecule has 0 saturated carbocycles. The largest absolute Gasteiger partial charge is 0.382 e. The molecule has 1 aromatic rings. The van der Waals surface area contributed by atoms with Gasteiger partial charge in [-0.1, -0.05) is 0 Å². The summed E-state index contributed by atoms with van der Waals surface area (Å²) in [5.41, 5.74) is 1.05. The summed E-state index contributed by atoms with van der Waals surface area (Å²) in [6, 6.07) is 0. The van der Waals surface area contributed by atoms with Crippen LogP contribution in [0.25, 0.3) is 0 Å². The lowest BCUT2D eigenvalue weighted by Crippen LogP contribution is -2.06. The van der Waals surface area contributed by atoms with Gasteiger partial charge in [-0.3, -0.25) is 4.68 Å². The molecule has 1 rings (SSSR count). The molecule has 15 heavy (non-hydrogen) atoms. The molecule has 0 N–H and O–H groups in total. The van der Waals surface area contributed by atoms with Crippen molar-refractivity contribution in [3.8, 4) is 0 Å². The van der Waals surface area contributed by atoms with Crippen molar-refractivity contribution in [2.45, 2.75) is 18.8 Å². The molecule has 0 atom stereocenters. The highest BCUT2D eigenvalue weighted by molar-refractivity contribution is 6.17. The average Bonchev–Trinajstić information content (AvgIpc) is 2.71. The normalized spacial score (nSPS) is 10.8. The summed E-state index contributed by atoms with van der Waals surface area (Å²) in [6.07, 6.45) is 4.70. The minimum absolute atomic E-state index is 0.518. The molecule has 0 amide bonds. The highest BCUT2D eigenvalue weighted by Crippen LogP contribution is 2.02. The molecular formula is C10H17ClN2O2. The molecule has 0 spiro atoms. The first-order chi connectivity index (χ1) is 7.36. The lowest BCUT2D eigenvalue weighted by atomic mass is 10.4. The second-order valence-electron chi connectivity index (χ2n) is 3.20. The van der Waals surface area contributed by atoms with E-state index in [0.717, 1.165) is 25.1 Å². The summed E-state index contributed by atoms with van der Waals surface area (Å²) in [5.74, 6) is 0.518. The standard InChI is InChI=1S/C10H17ClN2O2/c1-14-5-6-15-4-2-3-13-9-10(7-11)8-12-13/h8-9H,2-7H2,1H3. The van der Waals surface area contributed by atoms with Crippen LogP contribution >= 0.6 is 11.6 Å². The van der Waals surface area contributed by atoms with Crippen LogP contribution in [-0.2, 0) is 21.9 Å². The van der Waals surface area contributed by atoms with Gasteiger partial charge in [-0.15, -0.1) is 11.6 Å². The predicted octanol–water partition coefficient (Wildman–Crippen LogP) is 1.68. The summed E-state index contributed by atoms with van der Waals surface area (Å²) in [4.78, 5) is 0. The SMILES string of the molecule is COCCOCCCn1cc(CCl)cn1. The molecule has 0 aliphatic heterocycles. The zero-order chi connectivity index (χ0) is 10.9. The Balaban J connectivity index is 2.04. The van der Waals surface area contributed by atoms with E-state index in [2.05, 4.69) is 5.10 Å². The van der Waals surface area contributed by atoms with Gasteiger partial charge < -0.3 is 9.47 Å². The van der Waals surface area contributed by atoms with Gasteiger partial charge in [-0.25, -0.2) is 0 Å².